The van der Waals surface area contributed by atoms with E-state index in [1.807, 2.05) is 25.9 Å². The fourth-order valence-electron chi connectivity index (χ4n) is 1.05. The Morgan fingerprint density at radius 1 is 1.25 bits per heavy atom. The second-order valence-corrected chi connectivity index (χ2v) is 4.49. The van der Waals surface area contributed by atoms with Crippen LogP contribution in [-0.4, -0.2) is 24.8 Å². The van der Waals surface area contributed by atoms with Crippen LogP contribution < -0.4 is 0 Å². The van der Waals surface area contributed by atoms with E-state index in [0.717, 1.165) is 5.70 Å². The van der Waals surface area contributed by atoms with E-state index in [1.54, 1.807) is 24.3 Å². The molecule has 0 heterocycles. The highest BCUT2D eigenvalue weighted by Gasteiger charge is 2.06. The largest absolute Gasteiger partial charge is 0.381 e. The van der Waals surface area contributed by atoms with Crippen molar-refractivity contribution < 1.29 is 4.79 Å². The summed E-state index contributed by atoms with van der Waals surface area (Å²) in [6.45, 7) is 1.87. The summed E-state index contributed by atoms with van der Waals surface area (Å²) in [4.78, 5) is 13.7. The van der Waals surface area contributed by atoms with E-state index >= 15 is 0 Å². The van der Waals surface area contributed by atoms with E-state index in [-0.39, 0.29) is 5.78 Å². The zero-order valence-corrected chi connectivity index (χ0v) is 10.9. The van der Waals surface area contributed by atoms with Gasteiger partial charge in [0.2, 0.25) is 0 Å². The van der Waals surface area contributed by atoms with E-state index in [9.17, 15) is 4.79 Å². The smallest absolute Gasteiger partial charge is 0.187 e. The number of hydrogen-bond acceptors (Lipinski definition) is 2. The molecular weight excluding hydrogens is 245 g/mol. The van der Waals surface area contributed by atoms with E-state index in [4.69, 9.17) is 23.2 Å². The van der Waals surface area contributed by atoms with E-state index in [0.29, 0.717) is 15.6 Å². The minimum Gasteiger partial charge on any atom is -0.381 e. The first-order chi connectivity index (χ1) is 7.41. The Kier molecular flexibility index (Phi) is 4.39. The lowest BCUT2D eigenvalue weighted by molar-refractivity contribution is 0.104. The average molecular weight is 258 g/mol. The summed E-state index contributed by atoms with van der Waals surface area (Å²) in [5.74, 6) is -0.0789. The molecule has 0 amide bonds. The lowest BCUT2D eigenvalue weighted by atomic mass is 10.1. The van der Waals surface area contributed by atoms with Crippen LogP contribution in [0.4, 0.5) is 0 Å². The number of allylic oxidation sites excluding steroid dienone is 2. The topological polar surface area (TPSA) is 20.3 Å². The van der Waals surface area contributed by atoms with Crippen LogP contribution in [0, 0.1) is 0 Å². The Morgan fingerprint density at radius 2 is 1.88 bits per heavy atom. The number of benzene rings is 1. The zero-order valence-electron chi connectivity index (χ0n) is 9.42. The highest BCUT2D eigenvalue weighted by molar-refractivity contribution is 6.42. The van der Waals surface area contributed by atoms with Gasteiger partial charge < -0.3 is 4.90 Å². The number of rotatable bonds is 3. The number of hydrogen-bond donors (Lipinski definition) is 0. The first-order valence-corrected chi connectivity index (χ1v) is 5.52. The lowest BCUT2D eigenvalue weighted by Gasteiger charge is -2.11. The van der Waals surface area contributed by atoms with Gasteiger partial charge in [-0.25, -0.2) is 0 Å². The molecule has 1 aromatic carbocycles. The van der Waals surface area contributed by atoms with Gasteiger partial charge in [0.05, 0.1) is 10.0 Å². The molecule has 1 aromatic rings. The van der Waals surface area contributed by atoms with Gasteiger partial charge >= 0.3 is 0 Å². The fraction of sp³-hybridized carbons (Fsp3) is 0.250. The van der Waals surface area contributed by atoms with Crippen molar-refractivity contribution in [1.29, 1.82) is 0 Å². The number of ketones is 1. The summed E-state index contributed by atoms with van der Waals surface area (Å²) < 4.78 is 0. The fourth-order valence-corrected chi connectivity index (χ4v) is 1.35. The summed E-state index contributed by atoms with van der Waals surface area (Å²) in [6.07, 6.45) is 1.57. The summed E-state index contributed by atoms with van der Waals surface area (Å²) in [5.41, 5.74) is 1.42. The third-order valence-electron chi connectivity index (χ3n) is 2.25. The Labute approximate surface area is 105 Å². The van der Waals surface area contributed by atoms with Crippen molar-refractivity contribution in [3.8, 4) is 0 Å². The summed E-state index contributed by atoms with van der Waals surface area (Å²) in [5, 5.41) is 0.843. The van der Waals surface area contributed by atoms with Gasteiger partial charge in [-0.15, -0.1) is 0 Å². The van der Waals surface area contributed by atoms with E-state index in [1.165, 1.54) is 0 Å². The monoisotopic (exact) mass is 257 g/mol. The molecule has 1 rings (SSSR count). The van der Waals surface area contributed by atoms with Gasteiger partial charge in [0, 0.05) is 31.4 Å². The van der Waals surface area contributed by atoms with Crippen molar-refractivity contribution in [2.75, 3.05) is 14.1 Å². The molecule has 0 saturated carbocycles. The van der Waals surface area contributed by atoms with Gasteiger partial charge in [-0.05, 0) is 25.1 Å². The minimum atomic E-state index is -0.0789. The number of carbonyl (C=O) groups is 1. The van der Waals surface area contributed by atoms with Crippen LogP contribution in [0.3, 0.4) is 0 Å². The van der Waals surface area contributed by atoms with Crippen molar-refractivity contribution in [2.24, 2.45) is 0 Å². The Balaban J connectivity index is 2.98. The van der Waals surface area contributed by atoms with Crippen molar-refractivity contribution in [3.05, 3.63) is 45.6 Å². The maximum atomic E-state index is 11.8. The predicted molar refractivity (Wildman–Crippen MR) is 68.2 cm³/mol. The number of carbonyl (C=O) groups excluding carboxylic acids is 1. The van der Waals surface area contributed by atoms with Gasteiger partial charge in [0.25, 0.3) is 0 Å². The SMILES string of the molecule is CC(=CC(=O)c1ccc(Cl)c(Cl)c1)N(C)C. The summed E-state index contributed by atoms with van der Waals surface area (Å²) in [7, 11) is 3.77. The zero-order chi connectivity index (χ0) is 12.3. The first kappa shape index (κ1) is 13.1. The number of halogens is 2. The molecule has 0 bridgehead atoms. The third kappa shape index (κ3) is 3.26. The van der Waals surface area contributed by atoms with E-state index < -0.39 is 0 Å². The standard InChI is InChI=1S/C12H13Cl2NO/c1-8(15(2)3)6-12(16)9-4-5-10(13)11(14)7-9/h4-7H,1-3H3. The molecule has 86 valence electrons. The Bertz CT molecular complexity index is 439. The van der Waals surface area contributed by atoms with Crippen molar-refractivity contribution >= 4 is 29.0 Å². The Morgan fingerprint density at radius 3 is 2.38 bits per heavy atom. The molecule has 16 heavy (non-hydrogen) atoms. The van der Waals surface area contributed by atoms with Crippen molar-refractivity contribution in [3.63, 3.8) is 0 Å². The molecular formula is C12H13Cl2NO. The molecule has 0 aliphatic rings. The number of nitrogens with zero attached hydrogens (tertiary/aromatic N) is 1. The molecule has 0 aliphatic carbocycles. The van der Waals surface area contributed by atoms with Gasteiger partial charge in [-0.2, -0.15) is 0 Å². The van der Waals surface area contributed by atoms with Crippen LogP contribution in [0.5, 0.6) is 0 Å². The summed E-state index contributed by atoms with van der Waals surface area (Å²) >= 11 is 11.6. The second-order valence-electron chi connectivity index (χ2n) is 3.67. The van der Waals surface area contributed by atoms with Gasteiger partial charge in [0.1, 0.15) is 0 Å². The maximum absolute atomic E-state index is 11.8. The molecule has 0 aliphatic heterocycles. The van der Waals surface area contributed by atoms with Crippen LogP contribution in [0.15, 0.2) is 30.0 Å². The van der Waals surface area contributed by atoms with Crippen LogP contribution in [0.2, 0.25) is 10.0 Å². The third-order valence-corrected chi connectivity index (χ3v) is 2.99. The molecule has 2 nitrogen and oxygen atoms in total. The molecule has 0 saturated heterocycles. The van der Waals surface area contributed by atoms with Crippen molar-refractivity contribution in [1.82, 2.24) is 4.90 Å². The van der Waals surface area contributed by atoms with Gasteiger partial charge in [0.15, 0.2) is 5.78 Å². The average Bonchev–Trinajstić information content (AvgIpc) is 2.21. The quantitative estimate of drug-likeness (QED) is 0.609. The van der Waals surface area contributed by atoms with Gasteiger partial charge in [-0.1, -0.05) is 23.2 Å². The van der Waals surface area contributed by atoms with Gasteiger partial charge in [-0.3, -0.25) is 4.79 Å². The molecule has 4 heteroatoms. The van der Waals surface area contributed by atoms with E-state index in [2.05, 4.69) is 0 Å². The molecule has 0 aromatic heterocycles. The second kappa shape index (κ2) is 5.37. The Hall–Kier alpha value is -0.990. The van der Waals surface area contributed by atoms with Crippen LogP contribution in [0.25, 0.3) is 0 Å². The first-order valence-electron chi connectivity index (χ1n) is 4.77. The molecule has 0 radical (unpaired) electrons. The highest BCUT2D eigenvalue weighted by Crippen LogP contribution is 2.23. The van der Waals surface area contributed by atoms with Crippen LogP contribution in [0.1, 0.15) is 17.3 Å². The van der Waals surface area contributed by atoms with Crippen molar-refractivity contribution in [2.45, 2.75) is 6.92 Å². The predicted octanol–water partition coefficient (Wildman–Crippen LogP) is 3.64. The normalized spacial score (nSPS) is 11.4. The minimum absolute atomic E-state index is 0.0789. The molecule has 0 N–H and O–H groups in total. The van der Waals surface area contributed by atoms with Crippen LogP contribution >= 0.6 is 23.2 Å². The molecule has 0 atom stereocenters. The lowest BCUT2D eigenvalue weighted by Crippen LogP contribution is -2.10. The summed E-state index contributed by atoms with van der Waals surface area (Å²) in [6, 6.07) is 4.86. The molecule has 0 fully saturated rings. The highest BCUT2D eigenvalue weighted by atomic mass is 35.5. The van der Waals surface area contributed by atoms with Crippen LogP contribution in [-0.2, 0) is 0 Å². The molecule has 0 unspecified atom stereocenters. The molecule has 0 spiro atoms. The maximum Gasteiger partial charge on any atom is 0.187 e.